The molecule has 3 rings (SSSR count). The van der Waals surface area contributed by atoms with E-state index in [0.717, 1.165) is 9.87 Å². The molecular weight excluding hydrogens is 522 g/mol. The first-order valence-electron chi connectivity index (χ1n) is 12.4. The summed E-state index contributed by atoms with van der Waals surface area (Å²) in [5.74, 6) is -0.810. The highest BCUT2D eigenvalue weighted by Gasteiger charge is 2.33. The van der Waals surface area contributed by atoms with Gasteiger partial charge in [0.25, 0.3) is 10.0 Å². The normalized spacial score (nSPS) is 12.4. The summed E-state index contributed by atoms with van der Waals surface area (Å²) in [6, 6.07) is 23.0. The number of rotatable bonds is 10. The van der Waals surface area contributed by atoms with E-state index in [1.807, 2.05) is 51.1 Å². The van der Waals surface area contributed by atoms with E-state index < -0.39 is 34.1 Å². The maximum absolute atomic E-state index is 13.8. The van der Waals surface area contributed by atoms with E-state index in [1.54, 1.807) is 49.4 Å². The Balaban J connectivity index is 1.96. The first kappa shape index (κ1) is 29.2. The third-order valence-corrected chi connectivity index (χ3v) is 7.91. The lowest BCUT2D eigenvalue weighted by Crippen LogP contribution is -2.55. The van der Waals surface area contributed by atoms with Gasteiger partial charge in [-0.15, -0.1) is 0 Å². The van der Waals surface area contributed by atoms with Gasteiger partial charge in [-0.25, -0.2) is 8.42 Å². The molecule has 3 aromatic carbocycles. The molecule has 3 aromatic rings. The van der Waals surface area contributed by atoms with Crippen LogP contribution in [-0.4, -0.2) is 49.8 Å². The molecule has 0 bridgehead atoms. The molecule has 0 aliphatic heterocycles. The summed E-state index contributed by atoms with van der Waals surface area (Å²) in [6.07, 6.45) is 0.506. The largest absolute Gasteiger partial charge is 0.350 e. The molecule has 7 nitrogen and oxygen atoms in total. The summed E-state index contributed by atoms with van der Waals surface area (Å²) in [7, 11) is -4.10. The van der Waals surface area contributed by atoms with Gasteiger partial charge in [-0.2, -0.15) is 0 Å². The minimum absolute atomic E-state index is 0.0529. The van der Waals surface area contributed by atoms with Crippen molar-refractivity contribution < 1.29 is 18.0 Å². The molecule has 1 atom stereocenters. The molecule has 0 unspecified atom stereocenters. The number of sulfonamides is 1. The Morgan fingerprint density at radius 3 is 2.00 bits per heavy atom. The topological polar surface area (TPSA) is 86.8 Å². The molecule has 0 aliphatic carbocycles. The van der Waals surface area contributed by atoms with Gasteiger partial charge in [-0.3, -0.25) is 13.9 Å². The molecule has 0 spiro atoms. The van der Waals surface area contributed by atoms with Gasteiger partial charge in [0.2, 0.25) is 11.8 Å². The monoisotopic (exact) mass is 555 g/mol. The first-order valence-corrected chi connectivity index (χ1v) is 14.2. The Labute approximate surface area is 230 Å². The Kier molecular flexibility index (Phi) is 9.57. The molecule has 0 fully saturated rings. The summed E-state index contributed by atoms with van der Waals surface area (Å²) in [5.41, 5.74) is 0.799. The second-order valence-corrected chi connectivity index (χ2v) is 12.3. The van der Waals surface area contributed by atoms with Crippen molar-refractivity contribution in [2.45, 2.75) is 50.6 Å². The third-order valence-electron chi connectivity index (χ3n) is 5.87. The van der Waals surface area contributed by atoms with E-state index in [0.29, 0.717) is 17.1 Å². The summed E-state index contributed by atoms with van der Waals surface area (Å²) in [6.45, 7) is 7.00. The van der Waals surface area contributed by atoms with Gasteiger partial charge in [-0.1, -0.05) is 60.1 Å². The van der Waals surface area contributed by atoms with Crippen LogP contribution in [0.15, 0.2) is 89.8 Å². The molecule has 0 saturated carbocycles. The second-order valence-electron chi connectivity index (χ2n) is 10.0. The fourth-order valence-electron chi connectivity index (χ4n) is 3.90. The number of hydrogen-bond acceptors (Lipinski definition) is 4. The van der Waals surface area contributed by atoms with Gasteiger partial charge < -0.3 is 10.2 Å². The van der Waals surface area contributed by atoms with Gasteiger partial charge in [0.05, 0.1) is 10.6 Å². The van der Waals surface area contributed by atoms with E-state index >= 15 is 0 Å². The fraction of sp³-hybridized carbons (Fsp3) is 0.310. The van der Waals surface area contributed by atoms with Gasteiger partial charge in [0.1, 0.15) is 12.6 Å². The van der Waals surface area contributed by atoms with Crippen molar-refractivity contribution >= 4 is 39.1 Å². The number of carbonyl (C=O) groups excluding carboxylic acids is 2. The number of halogens is 1. The fourth-order valence-corrected chi connectivity index (χ4v) is 5.46. The maximum atomic E-state index is 13.8. The van der Waals surface area contributed by atoms with Crippen LogP contribution in [0.5, 0.6) is 0 Å². The van der Waals surface area contributed by atoms with Crippen LogP contribution in [0, 0.1) is 0 Å². The van der Waals surface area contributed by atoms with Gasteiger partial charge >= 0.3 is 0 Å². The Hall–Kier alpha value is -3.36. The number of benzene rings is 3. The zero-order valence-corrected chi connectivity index (χ0v) is 23.7. The molecule has 9 heteroatoms. The van der Waals surface area contributed by atoms with Crippen molar-refractivity contribution in [2.75, 3.05) is 17.4 Å². The average Bonchev–Trinajstić information content (AvgIpc) is 2.88. The summed E-state index contributed by atoms with van der Waals surface area (Å²) in [4.78, 5) is 28.4. The van der Waals surface area contributed by atoms with Gasteiger partial charge in [-0.05, 0) is 76.1 Å². The number of anilines is 1. The van der Waals surface area contributed by atoms with Crippen LogP contribution in [0.25, 0.3) is 0 Å². The third kappa shape index (κ3) is 7.82. The zero-order valence-electron chi connectivity index (χ0n) is 22.1. The van der Waals surface area contributed by atoms with Crippen molar-refractivity contribution in [3.05, 3.63) is 95.5 Å². The average molecular weight is 556 g/mol. The number of nitrogens with one attached hydrogen (secondary N) is 1. The first-order chi connectivity index (χ1) is 17.9. The lowest BCUT2D eigenvalue weighted by molar-refractivity contribution is -0.139. The standard InChI is InChI=1S/C29H34ClN3O4S/c1-22(28(35)31-29(2,3)4)32(20-19-23-11-7-5-8-12-23)27(34)21-33(25-17-15-24(30)16-18-25)38(36,37)26-13-9-6-10-14-26/h5-18,22H,19-21H2,1-4H3,(H,31,35)/t22-/m0/s1. The molecule has 38 heavy (non-hydrogen) atoms. The Morgan fingerprint density at radius 2 is 1.45 bits per heavy atom. The maximum Gasteiger partial charge on any atom is 0.264 e. The molecule has 0 saturated heterocycles. The highest BCUT2D eigenvalue weighted by atomic mass is 35.5. The van der Waals surface area contributed by atoms with Gasteiger partial charge in [0.15, 0.2) is 0 Å². The van der Waals surface area contributed by atoms with Crippen LogP contribution in [0.1, 0.15) is 33.3 Å². The number of amides is 2. The van der Waals surface area contributed by atoms with Crippen molar-refractivity contribution in [3.8, 4) is 0 Å². The molecule has 202 valence electrons. The number of carbonyl (C=O) groups is 2. The molecular formula is C29H34ClN3O4S. The molecule has 0 aliphatic rings. The van der Waals surface area contributed by atoms with Crippen molar-refractivity contribution in [2.24, 2.45) is 0 Å². The highest BCUT2D eigenvalue weighted by molar-refractivity contribution is 7.92. The van der Waals surface area contributed by atoms with Crippen molar-refractivity contribution in [3.63, 3.8) is 0 Å². The van der Waals surface area contributed by atoms with Crippen LogP contribution >= 0.6 is 11.6 Å². The molecule has 0 heterocycles. The van der Waals surface area contributed by atoms with E-state index in [9.17, 15) is 18.0 Å². The van der Waals surface area contributed by atoms with Crippen molar-refractivity contribution in [1.82, 2.24) is 10.2 Å². The van der Waals surface area contributed by atoms with Crippen LogP contribution in [0.4, 0.5) is 5.69 Å². The summed E-state index contributed by atoms with van der Waals surface area (Å²) < 4.78 is 28.4. The van der Waals surface area contributed by atoms with E-state index in [4.69, 9.17) is 11.6 Å². The van der Waals surface area contributed by atoms with Crippen LogP contribution < -0.4 is 9.62 Å². The van der Waals surface area contributed by atoms with Crippen molar-refractivity contribution in [1.29, 1.82) is 0 Å². The molecule has 2 amide bonds. The number of nitrogens with zero attached hydrogens (tertiary/aromatic N) is 2. The highest BCUT2D eigenvalue weighted by Crippen LogP contribution is 2.25. The second kappa shape index (κ2) is 12.5. The number of hydrogen-bond donors (Lipinski definition) is 1. The SMILES string of the molecule is C[C@@H](C(=O)NC(C)(C)C)N(CCc1ccccc1)C(=O)CN(c1ccc(Cl)cc1)S(=O)(=O)c1ccccc1. The predicted molar refractivity (Wildman–Crippen MR) is 152 cm³/mol. The Bertz CT molecular complexity index is 1330. The molecule has 0 radical (unpaired) electrons. The predicted octanol–water partition coefficient (Wildman–Crippen LogP) is 4.91. The van der Waals surface area contributed by atoms with E-state index in [-0.39, 0.29) is 17.3 Å². The quantitative estimate of drug-likeness (QED) is 0.385. The lowest BCUT2D eigenvalue weighted by atomic mass is 10.1. The zero-order chi connectivity index (χ0) is 27.9. The minimum atomic E-state index is -4.10. The molecule has 0 aromatic heterocycles. The lowest BCUT2D eigenvalue weighted by Gasteiger charge is -2.33. The van der Waals surface area contributed by atoms with E-state index in [2.05, 4.69) is 5.32 Å². The van der Waals surface area contributed by atoms with Gasteiger partial charge in [0, 0.05) is 17.1 Å². The van der Waals surface area contributed by atoms with Crippen LogP contribution in [-0.2, 0) is 26.0 Å². The Morgan fingerprint density at radius 1 is 0.895 bits per heavy atom. The van der Waals surface area contributed by atoms with E-state index in [1.165, 1.54) is 17.0 Å². The van der Waals surface area contributed by atoms with Crippen LogP contribution in [0.2, 0.25) is 5.02 Å². The summed E-state index contributed by atoms with van der Waals surface area (Å²) in [5, 5.41) is 3.36. The minimum Gasteiger partial charge on any atom is -0.350 e. The smallest absolute Gasteiger partial charge is 0.264 e. The van der Waals surface area contributed by atoms with Crippen LogP contribution in [0.3, 0.4) is 0 Å². The molecule has 1 N–H and O–H groups in total. The summed E-state index contributed by atoms with van der Waals surface area (Å²) >= 11 is 6.04.